The fourth-order valence-corrected chi connectivity index (χ4v) is 1.38. The molecule has 9 heavy (non-hydrogen) atoms. The molecule has 0 bridgehead atoms. The lowest BCUT2D eigenvalue weighted by atomic mass is 9.79. The van der Waals surface area contributed by atoms with Gasteiger partial charge in [-0.2, -0.15) is 0 Å². The summed E-state index contributed by atoms with van der Waals surface area (Å²) in [5, 5.41) is 17.7. The SMILES string of the molecule is CC(O)CC1CC(O)C1. The second-order valence-electron chi connectivity index (χ2n) is 3.08. The Morgan fingerprint density at radius 3 is 2.44 bits per heavy atom. The van der Waals surface area contributed by atoms with Crippen molar-refractivity contribution in [3.63, 3.8) is 0 Å². The van der Waals surface area contributed by atoms with E-state index in [0.29, 0.717) is 5.92 Å². The van der Waals surface area contributed by atoms with Crippen LogP contribution in [-0.4, -0.2) is 22.4 Å². The lowest BCUT2D eigenvalue weighted by molar-refractivity contribution is 0.0187. The van der Waals surface area contributed by atoms with E-state index in [0.717, 1.165) is 19.3 Å². The molecule has 1 rings (SSSR count). The standard InChI is InChI=1S/C7H14O2/c1-5(8)2-6-3-7(9)4-6/h5-9H,2-4H2,1H3. The summed E-state index contributed by atoms with van der Waals surface area (Å²) >= 11 is 0. The number of rotatable bonds is 2. The molecule has 1 aliphatic rings. The summed E-state index contributed by atoms with van der Waals surface area (Å²) in [5.41, 5.74) is 0. The minimum Gasteiger partial charge on any atom is -0.393 e. The van der Waals surface area contributed by atoms with Gasteiger partial charge in [-0.05, 0) is 32.1 Å². The molecule has 54 valence electrons. The Bertz CT molecular complexity index is 84.9. The maximum Gasteiger partial charge on any atom is 0.0545 e. The van der Waals surface area contributed by atoms with Crippen molar-refractivity contribution in [2.24, 2.45) is 5.92 Å². The molecule has 0 aromatic heterocycles. The van der Waals surface area contributed by atoms with Crippen LogP contribution in [0.4, 0.5) is 0 Å². The van der Waals surface area contributed by atoms with E-state index in [1.165, 1.54) is 0 Å². The maximum absolute atomic E-state index is 8.89. The summed E-state index contributed by atoms with van der Waals surface area (Å²) in [5.74, 6) is 0.583. The van der Waals surface area contributed by atoms with E-state index in [9.17, 15) is 0 Å². The molecule has 0 amide bonds. The first-order valence-corrected chi connectivity index (χ1v) is 3.54. The van der Waals surface area contributed by atoms with Crippen LogP contribution < -0.4 is 0 Å². The van der Waals surface area contributed by atoms with Crippen molar-refractivity contribution in [1.82, 2.24) is 0 Å². The maximum atomic E-state index is 8.89. The van der Waals surface area contributed by atoms with E-state index < -0.39 is 0 Å². The summed E-state index contributed by atoms with van der Waals surface area (Å²) in [6, 6.07) is 0. The third kappa shape index (κ3) is 1.95. The number of hydrogen-bond donors (Lipinski definition) is 2. The van der Waals surface area contributed by atoms with Gasteiger partial charge in [0.1, 0.15) is 0 Å². The normalized spacial score (nSPS) is 37.7. The molecule has 0 aromatic rings. The highest BCUT2D eigenvalue weighted by Crippen LogP contribution is 2.30. The van der Waals surface area contributed by atoms with Gasteiger partial charge < -0.3 is 10.2 Å². The Morgan fingerprint density at radius 1 is 1.56 bits per heavy atom. The molecule has 0 saturated heterocycles. The van der Waals surface area contributed by atoms with E-state index in [1.54, 1.807) is 6.92 Å². The molecule has 2 N–H and O–H groups in total. The van der Waals surface area contributed by atoms with Crippen LogP contribution in [0.2, 0.25) is 0 Å². The highest BCUT2D eigenvalue weighted by Gasteiger charge is 2.27. The molecule has 1 saturated carbocycles. The molecule has 0 heterocycles. The van der Waals surface area contributed by atoms with Crippen molar-refractivity contribution in [2.45, 2.75) is 38.4 Å². The van der Waals surface area contributed by atoms with Gasteiger partial charge in [-0.15, -0.1) is 0 Å². The van der Waals surface area contributed by atoms with E-state index in [4.69, 9.17) is 10.2 Å². The molecule has 0 aliphatic heterocycles. The molecule has 1 atom stereocenters. The van der Waals surface area contributed by atoms with Crippen LogP contribution in [0.15, 0.2) is 0 Å². The van der Waals surface area contributed by atoms with Gasteiger partial charge in [-0.1, -0.05) is 0 Å². The van der Waals surface area contributed by atoms with Crippen molar-refractivity contribution in [3.05, 3.63) is 0 Å². The van der Waals surface area contributed by atoms with E-state index in [-0.39, 0.29) is 12.2 Å². The minimum absolute atomic E-state index is 0.0752. The van der Waals surface area contributed by atoms with E-state index >= 15 is 0 Å². The molecular formula is C7H14O2. The second kappa shape index (κ2) is 2.67. The van der Waals surface area contributed by atoms with Gasteiger partial charge in [-0.3, -0.25) is 0 Å². The summed E-state index contributed by atoms with van der Waals surface area (Å²) < 4.78 is 0. The van der Waals surface area contributed by atoms with Gasteiger partial charge in [0.2, 0.25) is 0 Å². The van der Waals surface area contributed by atoms with Crippen LogP contribution in [-0.2, 0) is 0 Å². The summed E-state index contributed by atoms with van der Waals surface area (Å²) in [7, 11) is 0. The first-order valence-electron chi connectivity index (χ1n) is 3.54. The predicted octanol–water partition coefficient (Wildman–Crippen LogP) is 0.528. The zero-order valence-electron chi connectivity index (χ0n) is 5.75. The summed E-state index contributed by atoms with van der Waals surface area (Å²) in [4.78, 5) is 0. The molecule has 1 fully saturated rings. The fourth-order valence-electron chi connectivity index (χ4n) is 1.38. The molecule has 0 aromatic carbocycles. The molecule has 1 aliphatic carbocycles. The lowest BCUT2D eigenvalue weighted by Crippen LogP contribution is -2.30. The van der Waals surface area contributed by atoms with Gasteiger partial charge >= 0.3 is 0 Å². The van der Waals surface area contributed by atoms with E-state index in [1.807, 2.05) is 0 Å². The molecule has 1 unspecified atom stereocenters. The number of hydrogen-bond acceptors (Lipinski definition) is 2. The highest BCUT2D eigenvalue weighted by molar-refractivity contribution is 4.79. The monoisotopic (exact) mass is 130 g/mol. The smallest absolute Gasteiger partial charge is 0.0545 e. The average Bonchev–Trinajstić information content (AvgIpc) is 1.60. The predicted molar refractivity (Wildman–Crippen MR) is 35.0 cm³/mol. The molecule has 2 nitrogen and oxygen atoms in total. The number of aliphatic hydroxyl groups excluding tert-OH is 2. The Hall–Kier alpha value is -0.0800. The summed E-state index contributed by atoms with van der Waals surface area (Å²) in [6.45, 7) is 1.80. The average molecular weight is 130 g/mol. The van der Waals surface area contributed by atoms with Crippen LogP contribution in [0.3, 0.4) is 0 Å². The van der Waals surface area contributed by atoms with Gasteiger partial charge in [0.25, 0.3) is 0 Å². The van der Waals surface area contributed by atoms with Crippen molar-refractivity contribution >= 4 is 0 Å². The fraction of sp³-hybridized carbons (Fsp3) is 1.00. The third-order valence-corrected chi connectivity index (χ3v) is 1.89. The van der Waals surface area contributed by atoms with Crippen molar-refractivity contribution in [2.75, 3.05) is 0 Å². The van der Waals surface area contributed by atoms with Crippen LogP contribution in [0.5, 0.6) is 0 Å². The quantitative estimate of drug-likeness (QED) is 0.572. The summed E-state index contributed by atoms with van der Waals surface area (Å²) in [6.07, 6.45) is 2.38. The second-order valence-corrected chi connectivity index (χ2v) is 3.08. The Kier molecular flexibility index (Phi) is 2.09. The van der Waals surface area contributed by atoms with Crippen molar-refractivity contribution < 1.29 is 10.2 Å². The molecular weight excluding hydrogens is 116 g/mol. The van der Waals surface area contributed by atoms with Gasteiger partial charge in [0.15, 0.2) is 0 Å². The minimum atomic E-state index is -0.192. The topological polar surface area (TPSA) is 40.5 Å². The molecule has 0 radical (unpaired) electrons. The largest absolute Gasteiger partial charge is 0.393 e. The first-order chi connectivity index (χ1) is 4.18. The highest BCUT2D eigenvalue weighted by atomic mass is 16.3. The van der Waals surface area contributed by atoms with Crippen LogP contribution in [0.25, 0.3) is 0 Å². The zero-order valence-corrected chi connectivity index (χ0v) is 5.75. The van der Waals surface area contributed by atoms with Gasteiger partial charge in [0, 0.05) is 0 Å². The molecule has 2 heteroatoms. The van der Waals surface area contributed by atoms with Crippen LogP contribution in [0, 0.1) is 5.92 Å². The Balaban J connectivity index is 2.04. The van der Waals surface area contributed by atoms with Gasteiger partial charge in [-0.25, -0.2) is 0 Å². The first kappa shape index (κ1) is 7.03. The van der Waals surface area contributed by atoms with Crippen LogP contribution >= 0.6 is 0 Å². The molecule has 0 spiro atoms. The Labute approximate surface area is 55.5 Å². The lowest BCUT2D eigenvalue weighted by Gasteiger charge is -2.31. The van der Waals surface area contributed by atoms with Crippen molar-refractivity contribution in [1.29, 1.82) is 0 Å². The zero-order chi connectivity index (χ0) is 6.85. The van der Waals surface area contributed by atoms with Crippen LogP contribution in [0.1, 0.15) is 26.2 Å². The van der Waals surface area contributed by atoms with Crippen molar-refractivity contribution in [3.8, 4) is 0 Å². The number of aliphatic hydroxyl groups is 2. The Morgan fingerprint density at radius 2 is 2.11 bits per heavy atom. The van der Waals surface area contributed by atoms with E-state index in [2.05, 4.69) is 0 Å². The third-order valence-electron chi connectivity index (χ3n) is 1.89. The van der Waals surface area contributed by atoms with Gasteiger partial charge in [0.05, 0.1) is 12.2 Å².